The van der Waals surface area contributed by atoms with Crippen molar-refractivity contribution < 1.29 is 4.79 Å². The van der Waals surface area contributed by atoms with Gasteiger partial charge >= 0.3 is 0 Å². The van der Waals surface area contributed by atoms with Gasteiger partial charge in [-0.15, -0.1) is 11.3 Å². The fraction of sp³-hybridized carbons (Fsp3) is 0.692. The van der Waals surface area contributed by atoms with Crippen LogP contribution in [-0.2, 0) is 16.8 Å². The van der Waals surface area contributed by atoms with Crippen LogP contribution < -0.4 is 5.32 Å². The van der Waals surface area contributed by atoms with Gasteiger partial charge in [-0.25, -0.2) is 4.98 Å². The van der Waals surface area contributed by atoms with Crippen molar-refractivity contribution in [3.63, 3.8) is 0 Å². The van der Waals surface area contributed by atoms with Gasteiger partial charge in [-0.2, -0.15) is 0 Å². The molecule has 0 spiro atoms. The van der Waals surface area contributed by atoms with Gasteiger partial charge in [0.2, 0.25) is 5.91 Å². The summed E-state index contributed by atoms with van der Waals surface area (Å²) in [4.78, 5) is 17.9. The van der Waals surface area contributed by atoms with E-state index in [9.17, 15) is 4.79 Å². The van der Waals surface area contributed by atoms with Crippen LogP contribution in [0.1, 0.15) is 38.4 Å². The SMILES string of the molecule is CCN(C)C(=O)CNCc1csc(C(C)(C)C)n1. The third-order valence-corrected chi connectivity index (χ3v) is 3.99. The normalized spacial score (nSPS) is 11.6. The van der Waals surface area contributed by atoms with E-state index >= 15 is 0 Å². The number of hydrogen-bond acceptors (Lipinski definition) is 4. The lowest BCUT2D eigenvalue weighted by Crippen LogP contribution is -2.35. The second-order valence-electron chi connectivity index (χ2n) is 5.41. The van der Waals surface area contributed by atoms with Gasteiger partial charge in [0.05, 0.1) is 17.2 Å². The lowest BCUT2D eigenvalue weighted by atomic mass is 9.98. The van der Waals surface area contributed by atoms with E-state index in [0.717, 1.165) is 17.2 Å². The molecule has 5 heteroatoms. The Morgan fingerprint density at radius 1 is 1.50 bits per heavy atom. The second-order valence-corrected chi connectivity index (χ2v) is 6.26. The summed E-state index contributed by atoms with van der Waals surface area (Å²) in [5.41, 5.74) is 1.11. The molecule has 0 radical (unpaired) electrons. The molecule has 0 fully saturated rings. The molecule has 1 heterocycles. The number of amides is 1. The molecule has 1 N–H and O–H groups in total. The highest BCUT2D eigenvalue weighted by molar-refractivity contribution is 7.09. The minimum absolute atomic E-state index is 0.0984. The number of carbonyl (C=O) groups is 1. The van der Waals surface area contributed by atoms with E-state index in [1.807, 2.05) is 14.0 Å². The maximum absolute atomic E-state index is 11.6. The first-order chi connectivity index (χ1) is 8.34. The molecule has 0 aliphatic carbocycles. The Bertz CT molecular complexity index is 395. The molecule has 0 unspecified atom stereocenters. The third kappa shape index (κ3) is 4.38. The molecule has 1 amide bonds. The summed E-state index contributed by atoms with van der Waals surface area (Å²) >= 11 is 1.68. The van der Waals surface area contributed by atoms with E-state index in [1.165, 1.54) is 0 Å². The summed E-state index contributed by atoms with van der Waals surface area (Å²) in [5.74, 6) is 0.115. The van der Waals surface area contributed by atoms with Crippen LogP contribution in [-0.4, -0.2) is 35.9 Å². The Morgan fingerprint density at radius 3 is 2.67 bits per heavy atom. The van der Waals surface area contributed by atoms with Crippen molar-refractivity contribution in [3.8, 4) is 0 Å². The van der Waals surface area contributed by atoms with Gasteiger partial charge in [0, 0.05) is 30.9 Å². The predicted molar refractivity (Wildman–Crippen MR) is 75.8 cm³/mol. The number of hydrogen-bond donors (Lipinski definition) is 1. The Morgan fingerprint density at radius 2 is 2.17 bits per heavy atom. The summed E-state index contributed by atoms with van der Waals surface area (Å²) in [5, 5.41) is 6.33. The molecule has 0 saturated carbocycles. The minimum Gasteiger partial charge on any atom is -0.345 e. The van der Waals surface area contributed by atoms with Gasteiger partial charge < -0.3 is 10.2 Å². The first kappa shape index (κ1) is 15.1. The van der Waals surface area contributed by atoms with Crippen LogP contribution in [0.25, 0.3) is 0 Å². The molecule has 0 atom stereocenters. The smallest absolute Gasteiger partial charge is 0.236 e. The lowest BCUT2D eigenvalue weighted by molar-refractivity contribution is -0.128. The van der Waals surface area contributed by atoms with E-state index in [4.69, 9.17) is 0 Å². The molecule has 102 valence electrons. The fourth-order valence-corrected chi connectivity index (χ4v) is 2.25. The van der Waals surface area contributed by atoms with Crippen molar-refractivity contribution >= 4 is 17.2 Å². The summed E-state index contributed by atoms with van der Waals surface area (Å²) in [7, 11) is 1.81. The van der Waals surface area contributed by atoms with Crippen molar-refractivity contribution in [1.82, 2.24) is 15.2 Å². The molecule has 1 aromatic rings. The first-order valence-corrected chi connectivity index (χ1v) is 7.12. The summed E-state index contributed by atoms with van der Waals surface area (Å²) in [6.07, 6.45) is 0. The van der Waals surface area contributed by atoms with Gasteiger partial charge in [-0.05, 0) is 6.92 Å². The molecule has 0 bridgehead atoms. The van der Waals surface area contributed by atoms with Gasteiger partial charge in [-0.3, -0.25) is 4.79 Å². The molecule has 0 aromatic carbocycles. The number of nitrogens with zero attached hydrogens (tertiary/aromatic N) is 2. The van der Waals surface area contributed by atoms with Crippen LogP contribution in [0.5, 0.6) is 0 Å². The van der Waals surface area contributed by atoms with Crippen molar-refractivity contribution in [2.24, 2.45) is 0 Å². The highest BCUT2D eigenvalue weighted by Gasteiger charge is 2.17. The number of nitrogens with one attached hydrogen (secondary N) is 1. The predicted octanol–water partition coefficient (Wildman–Crippen LogP) is 2.01. The van der Waals surface area contributed by atoms with Crippen molar-refractivity contribution in [3.05, 3.63) is 16.1 Å². The van der Waals surface area contributed by atoms with Crippen molar-refractivity contribution in [1.29, 1.82) is 0 Å². The largest absolute Gasteiger partial charge is 0.345 e. The van der Waals surface area contributed by atoms with Crippen LogP contribution in [0.15, 0.2) is 5.38 Å². The number of aromatic nitrogens is 1. The first-order valence-electron chi connectivity index (χ1n) is 6.24. The van der Waals surface area contributed by atoms with Crippen LogP contribution >= 0.6 is 11.3 Å². The van der Waals surface area contributed by atoms with E-state index in [0.29, 0.717) is 13.1 Å². The molecule has 0 aliphatic heterocycles. The van der Waals surface area contributed by atoms with Gasteiger partial charge in [0.15, 0.2) is 0 Å². The highest BCUT2D eigenvalue weighted by Crippen LogP contribution is 2.25. The average Bonchev–Trinajstić information content (AvgIpc) is 2.76. The molecule has 0 saturated heterocycles. The van der Waals surface area contributed by atoms with Crippen LogP contribution in [0.4, 0.5) is 0 Å². The summed E-state index contributed by atoms with van der Waals surface area (Å²) in [6, 6.07) is 0. The maximum Gasteiger partial charge on any atom is 0.236 e. The molecule has 18 heavy (non-hydrogen) atoms. The molecule has 4 nitrogen and oxygen atoms in total. The van der Waals surface area contributed by atoms with E-state index in [2.05, 4.69) is 36.5 Å². The Kier molecular flexibility index (Phi) is 5.28. The van der Waals surface area contributed by atoms with Gasteiger partial charge in [0.25, 0.3) is 0 Å². The summed E-state index contributed by atoms with van der Waals surface area (Å²) < 4.78 is 0. The molecular formula is C13H23N3OS. The summed E-state index contributed by atoms with van der Waals surface area (Å²) in [6.45, 7) is 10.2. The topological polar surface area (TPSA) is 45.2 Å². The Labute approximate surface area is 113 Å². The highest BCUT2D eigenvalue weighted by atomic mass is 32.1. The molecule has 1 aromatic heterocycles. The molecule has 0 aliphatic rings. The fourth-order valence-electron chi connectivity index (χ4n) is 1.34. The number of rotatable bonds is 5. The second kappa shape index (κ2) is 6.29. The number of likely N-dealkylation sites (N-methyl/N-ethyl adjacent to an activating group) is 1. The zero-order valence-corrected chi connectivity index (χ0v) is 12.7. The quantitative estimate of drug-likeness (QED) is 0.889. The van der Waals surface area contributed by atoms with E-state index < -0.39 is 0 Å². The third-order valence-electron chi connectivity index (χ3n) is 2.68. The number of thiazole rings is 1. The van der Waals surface area contributed by atoms with Crippen LogP contribution in [0.2, 0.25) is 0 Å². The van der Waals surface area contributed by atoms with E-state index in [-0.39, 0.29) is 11.3 Å². The Balaban J connectivity index is 2.41. The minimum atomic E-state index is 0.0984. The van der Waals surface area contributed by atoms with Crippen molar-refractivity contribution in [2.45, 2.75) is 39.7 Å². The van der Waals surface area contributed by atoms with E-state index in [1.54, 1.807) is 16.2 Å². The maximum atomic E-state index is 11.6. The zero-order valence-electron chi connectivity index (χ0n) is 11.9. The Hall–Kier alpha value is -0.940. The van der Waals surface area contributed by atoms with Gasteiger partial charge in [-0.1, -0.05) is 20.8 Å². The molecular weight excluding hydrogens is 246 g/mol. The van der Waals surface area contributed by atoms with Crippen LogP contribution in [0.3, 0.4) is 0 Å². The average molecular weight is 269 g/mol. The molecule has 1 rings (SSSR count). The van der Waals surface area contributed by atoms with Crippen LogP contribution in [0, 0.1) is 0 Å². The zero-order chi connectivity index (χ0) is 13.8. The number of carbonyl (C=O) groups excluding carboxylic acids is 1. The monoisotopic (exact) mass is 269 g/mol. The lowest BCUT2D eigenvalue weighted by Gasteiger charge is -2.14. The van der Waals surface area contributed by atoms with Crippen molar-refractivity contribution in [2.75, 3.05) is 20.1 Å². The van der Waals surface area contributed by atoms with Gasteiger partial charge in [0.1, 0.15) is 0 Å². The standard InChI is InChI=1S/C13H23N3OS/c1-6-16(5)11(17)8-14-7-10-9-18-12(15-10)13(2,3)4/h9,14H,6-8H2,1-5H3.